The molecule has 0 saturated carbocycles. The first-order valence-electron chi connectivity index (χ1n) is 6.37. The number of aryl methyl sites for hydroxylation is 1. The van der Waals surface area contributed by atoms with Crippen molar-refractivity contribution in [3.8, 4) is 0 Å². The Morgan fingerprint density at radius 1 is 1.24 bits per heavy atom. The van der Waals surface area contributed by atoms with Crippen LogP contribution in [0.1, 0.15) is 38.6 Å². The molecule has 1 aromatic heterocycles. The fourth-order valence-electron chi connectivity index (χ4n) is 1.65. The van der Waals surface area contributed by atoms with Gasteiger partial charge < -0.3 is 5.11 Å². The van der Waals surface area contributed by atoms with Gasteiger partial charge in [-0.1, -0.05) is 32.1 Å². The third kappa shape index (κ3) is 6.30. The molecular formula is C12H18N4O4S. The summed E-state index contributed by atoms with van der Waals surface area (Å²) in [7, 11) is 0. The molecule has 0 aromatic carbocycles. The van der Waals surface area contributed by atoms with Crippen LogP contribution in [0.4, 0.5) is 9.93 Å². The summed E-state index contributed by atoms with van der Waals surface area (Å²) in [5.41, 5.74) is -0.728. The molecule has 1 aromatic rings. The van der Waals surface area contributed by atoms with E-state index in [-0.39, 0.29) is 12.8 Å². The SMILES string of the molecule is CCc1nnc(NC(=O)NC(=O)CC(C)(C)CC(=O)O)s1. The third-order valence-corrected chi connectivity index (χ3v) is 3.49. The molecule has 0 bridgehead atoms. The topological polar surface area (TPSA) is 121 Å². The Morgan fingerprint density at radius 3 is 2.43 bits per heavy atom. The van der Waals surface area contributed by atoms with Crippen LogP contribution in [0.15, 0.2) is 0 Å². The Morgan fingerprint density at radius 2 is 1.90 bits per heavy atom. The van der Waals surface area contributed by atoms with E-state index in [0.717, 1.165) is 5.01 Å². The molecule has 0 unspecified atom stereocenters. The molecule has 0 aliphatic carbocycles. The van der Waals surface area contributed by atoms with Gasteiger partial charge in [-0.05, 0) is 11.8 Å². The van der Waals surface area contributed by atoms with Gasteiger partial charge in [0, 0.05) is 6.42 Å². The summed E-state index contributed by atoms with van der Waals surface area (Å²) in [6, 6.07) is -0.704. The highest BCUT2D eigenvalue weighted by atomic mass is 32.1. The summed E-state index contributed by atoms with van der Waals surface area (Å²) in [5.74, 6) is -1.53. The van der Waals surface area contributed by atoms with Crippen LogP contribution < -0.4 is 10.6 Å². The zero-order valence-corrected chi connectivity index (χ0v) is 12.9. The van der Waals surface area contributed by atoms with Crippen molar-refractivity contribution < 1.29 is 19.5 Å². The second-order valence-corrected chi connectivity index (χ2v) is 6.33. The van der Waals surface area contributed by atoms with Crippen molar-refractivity contribution in [2.75, 3.05) is 5.32 Å². The quantitative estimate of drug-likeness (QED) is 0.734. The summed E-state index contributed by atoms with van der Waals surface area (Å²) in [6.07, 6.45) is 0.491. The minimum Gasteiger partial charge on any atom is -0.481 e. The Bertz CT molecular complexity index is 541. The van der Waals surface area contributed by atoms with E-state index in [2.05, 4.69) is 20.8 Å². The highest BCUT2D eigenvalue weighted by molar-refractivity contribution is 7.15. The van der Waals surface area contributed by atoms with E-state index < -0.39 is 23.3 Å². The van der Waals surface area contributed by atoms with Crippen LogP contribution in [-0.4, -0.2) is 33.2 Å². The van der Waals surface area contributed by atoms with E-state index in [1.165, 1.54) is 11.3 Å². The first kappa shape index (κ1) is 17.0. The van der Waals surface area contributed by atoms with Gasteiger partial charge in [0.1, 0.15) is 5.01 Å². The Labute approximate surface area is 126 Å². The zero-order chi connectivity index (χ0) is 16.0. The predicted octanol–water partition coefficient (Wildman–Crippen LogP) is 1.64. The number of rotatable bonds is 6. The van der Waals surface area contributed by atoms with Gasteiger partial charge >= 0.3 is 12.0 Å². The summed E-state index contributed by atoms with van der Waals surface area (Å²) < 4.78 is 0. The van der Waals surface area contributed by atoms with Crippen LogP contribution in [-0.2, 0) is 16.0 Å². The fourth-order valence-corrected chi connectivity index (χ4v) is 2.33. The zero-order valence-electron chi connectivity index (χ0n) is 12.1. The summed E-state index contributed by atoms with van der Waals surface area (Å²) >= 11 is 1.23. The lowest BCUT2D eigenvalue weighted by Crippen LogP contribution is -2.37. The highest BCUT2D eigenvalue weighted by Gasteiger charge is 2.26. The normalized spacial score (nSPS) is 11.0. The van der Waals surface area contributed by atoms with Gasteiger partial charge in [-0.25, -0.2) is 4.79 Å². The molecular weight excluding hydrogens is 296 g/mol. The molecule has 0 aliphatic heterocycles. The van der Waals surface area contributed by atoms with Gasteiger partial charge in [0.05, 0.1) is 6.42 Å². The average Bonchev–Trinajstić information content (AvgIpc) is 2.73. The maximum Gasteiger partial charge on any atom is 0.327 e. The smallest absolute Gasteiger partial charge is 0.327 e. The van der Waals surface area contributed by atoms with Gasteiger partial charge in [0.15, 0.2) is 0 Å². The second-order valence-electron chi connectivity index (χ2n) is 5.27. The first-order chi connectivity index (χ1) is 9.71. The molecule has 3 N–H and O–H groups in total. The Kier molecular flexibility index (Phi) is 5.77. The van der Waals surface area contributed by atoms with Crippen molar-refractivity contribution >= 4 is 34.4 Å². The molecule has 1 heterocycles. The number of imide groups is 1. The van der Waals surface area contributed by atoms with E-state index in [4.69, 9.17) is 5.11 Å². The summed E-state index contributed by atoms with van der Waals surface area (Å²) in [5, 5.41) is 22.0. The largest absolute Gasteiger partial charge is 0.481 e. The predicted molar refractivity (Wildman–Crippen MR) is 77.1 cm³/mol. The average molecular weight is 314 g/mol. The van der Waals surface area contributed by atoms with E-state index in [1.54, 1.807) is 13.8 Å². The second kappa shape index (κ2) is 7.11. The molecule has 1 rings (SSSR count). The summed E-state index contributed by atoms with van der Waals surface area (Å²) in [4.78, 5) is 34.0. The van der Waals surface area contributed by atoms with E-state index >= 15 is 0 Å². The lowest BCUT2D eigenvalue weighted by atomic mass is 9.85. The molecule has 0 fully saturated rings. The van der Waals surface area contributed by atoms with Crippen LogP contribution in [0.5, 0.6) is 0 Å². The van der Waals surface area contributed by atoms with Crippen LogP contribution >= 0.6 is 11.3 Å². The van der Waals surface area contributed by atoms with Gasteiger partial charge in [0.2, 0.25) is 11.0 Å². The van der Waals surface area contributed by atoms with E-state index in [1.807, 2.05) is 6.92 Å². The van der Waals surface area contributed by atoms with Crippen LogP contribution in [0, 0.1) is 5.41 Å². The number of aliphatic carboxylic acids is 1. The number of carbonyl (C=O) groups is 3. The molecule has 0 aliphatic rings. The number of hydrogen-bond donors (Lipinski definition) is 3. The maximum atomic E-state index is 11.7. The maximum absolute atomic E-state index is 11.7. The number of urea groups is 1. The molecule has 0 atom stereocenters. The number of carboxylic acid groups (broad SMARTS) is 1. The lowest BCUT2D eigenvalue weighted by molar-refractivity contribution is -0.139. The number of amides is 3. The molecule has 3 amide bonds. The van der Waals surface area contributed by atoms with Crippen LogP contribution in [0.2, 0.25) is 0 Å². The molecule has 9 heteroatoms. The standard InChI is InChI=1S/C12H18N4O4S/c1-4-8-15-16-11(21-8)14-10(20)13-7(17)5-12(2,3)6-9(18)19/h4-6H2,1-3H3,(H,18,19)(H2,13,14,16,17,20). The fraction of sp³-hybridized carbons (Fsp3) is 0.583. The van der Waals surface area contributed by atoms with Crippen molar-refractivity contribution in [3.05, 3.63) is 5.01 Å². The van der Waals surface area contributed by atoms with Crippen molar-refractivity contribution in [1.29, 1.82) is 0 Å². The number of carbonyl (C=O) groups excluding carboxylic acids is 2. The van der Waals surface area contributed by atoms with Gasteiger partial charge in [-0.3, -0.25) is 20.2 Å². The van der Waals surface area contributed by atoms with Crippen molar-refractivity contribution in [2.24, 2.45) is 5.41 Å². The number of hydrogen-bond acceptors (Lipinski definition) is 6. The van der Waals surface area contributed by atoms with Crippen molar-refractivity contribution in [1.82, 2.24) is 15.5 Å². The summed E-state index contributed by atoms with van der Waals surface area (Å²) in [6.45, 7) is 5.21. The minimum absolute atomic E-state index is 0.0664. The van der Waals surface area contributed by atoms with Crippen LogP contribution in [0.25, 0.3) is 0 Å². The number of aromatic nitrogens is 2. The Balaban J connectivity index is 2.47. The van der Waals surface area contributed by atoms with Gasteiger partial charge in [-0.2, -0.15) is 0 Å². The highest BCUT2D eigenvalue weighted by Crippen LogP contribution is 2.24. The van der Waals surface area contributed by atoms with Crippen LogP contribution in [0.3, 0.4) is 0 Å². The minimum atomic E-state index is -0.988. The third-order valence-electron chi connectivity index (χ3n) is 2.51. The van der Waals surface area contributed by atoms with E-state index in [9.17, 15) is 14.4 Å². The molecule has 21 heavy (non-hydrogen) atoms. The molecule has 0 spiro atoms. The number of anilines is 1. The number of nitrogens with one attached hydrogen (secondary N) is 2. The van der Waals surface area contributed by atoms with Crippen molar-refractivity contribution in [3.63, 3.8) is 0 Å². The van der Waals surface area contributed by atoms with Gasteiger partial charge in [0.25, 0.3) is 0 Å². The van der Waals surface area contributed by atoms with Crippen molar-refractivity contribution in [2.45, 2.75) is 40.0 Å². The number of carboxylic acids is 1. The molecule has 0 saturated heterocycles. The molecule has 116 valence electrons. The van der Waals surface area contributed by atoms with E-state index in [0.29, 0.717) is 11.6 Å². The first-order valence-corrected chi connectivity index (χ1v) is 7.18. The molecule has 0 radical (unpaired) electrons. The Hall–Kier alpha value is -2.03. The lowest BCUT2D eigenvalue weighted by Gasteiger charge is -2.21. The number of nitrogens with zero attached hydrogens (tertiary/aromatic N) is 2. The monoisotopic (exact) mass is 314 g/mol. The molecule has 8 nitrogen and oxygen atoms in total. The van der Waals surface area contributed by atoms with Gasteiger partial charge in [-0.15, -0.1) is 10.2 Å².